The van der Waals surface area contributed by atoms with Crippen molar-refractivity contribution in [3.63, 3.8) is 0 Å². The fourth-order valence-corrected chi connectivity index (χ4v) is 0.572. The van der Waals surface area contributed by atoms with Crippen molar-refractivity contribution in [3.8, 4) is 0 Å². The molecule has 0 amide bonds. The van der Waals surface area contributed by atoms with E-state index in [-0.39, 0.29) is 6.26 Å². The molecule has 0 fully saturated rings. The van der Waals surface area contributed by atoms with Crippen molar-refractivity contribution in [2.75, 3.05) is 0 Å². The number of hydrogen-bond donors (Lipinski definition) is 0. The van der Waals surface area contributed by atoms with Gasteiger partial charge in [0.25, 0.3) is 0 Å². The molecule has 1 aliphatic rings. The smallest absolute Gasteiger partial charge is 0.451 e. The maximum absolute atomic E-state index is 11.7. The highest BCUT2D eigenvalue weighted by molar-refractivity contribution is 5.00. The van der Waals surface area contributed by atoms with Gasteiger partial charge < -0.3 is 9.47 Å². The second kappa shape index (κ2) is 2.71. The van der Waals surface area contributed by atoms with Crippen LogP contribution in [0, 0.1) is 0 Å². The van der Waals surface area contributed by atoms with Crippen molar-refractivity contribution in [1.82, 2.24) is 0 Å². The molecule has 0 spiro atoms. The Balaban J connectivity index is 2.63. The zero-order valence-corrected chi connectivity index (χ0v) is 5.74. The largest absolute Gasteiger partial charge is 0.464 e. The Bertz CT molecular complexity index is 226. The van der Waals surface area contributed by atoms with Crippen LogP contribution in [0.3, 0.4) is 0 Å². The van der Waals surface area contributed by atoms with Crippen LogP contribution in [0.15, 0.2) is 12.0 Å². The fraction of sp³-hybridized carbons (Fsp3) is 0.600. The summed E-state index contributed by atoms with van der Waals surface area (Å²) >= 11 is 0. The highest BCUT2D eigenvalue weighted by Gasteiger charge is 2.51. The summed E-state index contributed by atoms with van der Waals surface area (Å²) in [6.45, 7) is 0. The Morgan fingerprint density at radius 3 is 1.85 bits per heavy atom. The van der Waals surface area contributed by atoms with Crippen LogP contribution in [0.25, 0.3) is 0 Å². The lowest BCUT2D eigenvalue weighted by atomic mass is 10.5. The van der Waals surface area contributed by atoms with Gasteiger partial charge in [0.1, 0.15) is 6.26 Å². The zero-order valence-electron chi connectivity index (χ0n) is 5.74. The first kappa shape index (κ1) is 10.0. The van der Waals surface area contributed by atoms with Gasteiger partial charge >= 0.3 is 18.6 Å². The van der Waals surface area contributed by atoms with Crippen LogP contribution < -0.4 is 0 Å². The summed E-state index contributed by atoms with van der Waals surface area (Å²) in [7, 11) is 0. The van der Waals surface area contributed by atoms with Gasteiger partial charge in [-0.1, -0.05) is 0 Å². The molecule has 0 aromatic rings. The Hall–Kier alpha value is -1.08. The third kappa shape index (κ3) is 2.19. The molecule has 1 heterocycles. The standard InChI is InChI=1S/C5H2F6O2/c6-4(7,8)2-1-12-3(13-2)5(9,10)11/h1,3H. The SMILES string of the molecule is FC(F)(F)C1=COC(C(F)(F)F)O1. The molecule has 0 radical (unpaired) electrons. The number of alkyl halides is 6. The maximum atomic E-state index is 11.7. The predicted octanol–water partition coefficient (Wildman–Crippen LogP) is 2.33. The third-order valence-electron chi connectivity index (χ3n) is 1.08. The van der Waals surface area contributed by atoms with Crippen molar-refractivity contribution >= 4 is 0 Å². The zero-order chi connectivity index (χ0) is 10.3. The number of allylic oxidation sites excluding steroid dienone is 1. The van der Waals surface area contributed by atoms with Crippen LogP contribution in [-0.4, -0.2) is 18.6 Å². The van der Waals surface area contributed by atoms with E-state index in [1.807, 2.05) is 0 Å². The van der Waals surface area contributed by atoms with Crippen LogP contribution in [0.2, 0.25) is 0 Å². The summed E-state index contributed by atoms with van der Waals surface area (Å²) in [5.74, 6) is -1.78. The van der Waals surface area contributed by atoms with Crippen molar-refractivity contribution in [1.29, 1.82) is 0 Å². The van der Waals surface area contributed by atoms with E-state index in [4.69, 9.17) is 0 Å². The summed E-state index contributed by atoms with van der Waals surface area (Å²) in [5.41, 5.74) is 0. The Kier molecular flexibility index (Phi) is 2.08. The molecule has 0 saturated carbocycles. The van der Waals surface area contributed by atoms with Crippen LogP contribution in [-0.2, 0) is 9.47 Å². The third-order valence-corrected chi connectivity index (χ3v) is 1.08. The Labute approximate surface area is 67.7 Å². The minimum Gasteiger partial charge on any atom is -0.451 e. The lowest BCUT2D eigenvalue weighted by molar-refractivity contribution is -0.277. The van der Waals surface area contributed by atoms with Gasteiger partial charge in [-0.3, -0.25) is 0 Å². The molecule has 0 aromatic carbocycles. The molecule has 0 N–H and O–H groups in total. The molecular weight excluding hydrogens is 206 g/mol. The summed E-state index contributed by atoms with van der Waals surface area (Å²) < 4.78 is 77.2. The average Bonchev–Trinajstić information content (AvgIpc) is 2.28. The first-order valence-electron chi connectivity index (χ1n) is 2.87. The van der Waals surface area contributed by atoms with Gasteiger partial charge in [0.2, 0.25) is 5.76 Å². The summed E-state index contributed by atoms with van der Waals surface area (Å²) in [5, 5.41) is 0. The highest BCUT2D eigenvalue weighted by atomic mass is 19.4. The first-order valence-corrected chi connectivity index (χ1v) is 2.87. The highest BCUT2D eigenvalue weighted by Crippen LogP contribution is 2.36. The quantitative estimate of drug-likeness (QED) is 0.568. The molecule has 1 unspecified atom stereocenters. The molecule has 8 heteroatoms. The normalized spacial score (nSPS) is 23.5. The monoisotopic (exact) mass is 208 g/mol. The van der Waals surface area contributed by atoms with E-state index in [0.29, 0.717) is 0 Å². The van der Waals surface area contributed by atoms with Gasteiger partial charge in [0, 0.05) is 0 Å². The Morgan fingerprint density at radius 2 is 1.62 bits per heavy atom. The second-order valence-electron chi connectivity index (χ2n) is 2.11. The maximum Gasteiger partial charge on any atom is 0.464 e. The number of ether oxygens (including phenoxy) is 2. The van der Waals surface area contributed by atoms with E-state index in [1.54, 1.807) is 0 Å². The van der Waals surface area contributed by atoms with Gasteiger partial charge in [-0.05, 0) is 0 Å². The fourth-order valence-electron chi connectivity index (χ4n) is 0.572. The molecule has 13 heavy (non-hydrogen) atoms. The molecular formula is C5H2F6O2. The van der Waals surface area contributed by atoms with Crippen molar-refractivity contribution in [2.24, 2.45) is 0 Å². The molecule has 0 bridgehead atoms. The van der Waals surface area contributed by atoms with Crippen molar-refractivity contribution in [3.05, 3.63) is 12.0 Å². The summed E-state index contributed by atoms with van der Waals surface area (Å²) in [4.78, 5) is 0. The number of halogens is 6. The number of rotatable bonds is 0. The molecule has 0 saturated heterocycles. The van der Waals surface area contributed by atoms with E-state index >= 15 is 0 Å². The minimum atomic E-state index is -4.97. The van der Waals surface area contributed by atoms with Crippen molar-refractivity contribution < 1.29 is 35.8 Å². The van der Waals surface area contributed by atoms with E-state index in [2.05, 4.69) is 9.47 Å². The first-order chi connectivity index (χ1) is 5.71. The molecule has 76 valence electrons. The molecule has 1 atom stereocenters. The van der Waals surface area contributed by atoms with Gasteiger partial charge in [-0.15, -0.1) is 0 Å². The van der Waals surface area contributed by atoms with E-state index < -0.39 is 24.4 Å². The molecule has 0 aliphatic carbocycles. The van der Waals surface area contributed by atoms with E-state index in [0.717, 1.165) is 0 Å². The second-order valence-corrected chi connectivity index (χ2v) is 2.11. The lowest BCUT2D eigenvalue weighted by Gasteiger charge is -2.15. The van der Waals surface area contributed by atoms with Gasteiger partial charge in [0.15, 0.2) is 0 Å². The average molecular weight is 208 g/mol. The molecule has 2 nitrogen and oxygen atoms in total. The van der Waals surface area contributed by atoms with Gasteiger partial charge in [-0.25, -0.2) is 0 Å². The number of hydrogen-bond acceptors (Lipinski definition) is 2. The van der Waals surface area contributed by atoms with Crippen LogP contribution in [0.1, 0.15) is 0 Å². The lowest BCUT2D eigenvalue weighted by Crippen LogP contribution is -2.31. The van der Waals surface area contributed by atoms with E-state index in [1.165, 1.54) is 0 Å². The topological polar surface area (TPSA) is 18.5 Å². The minimum absolute atomic E-state index is 0.0991. The van der Waals surface area contributed by atoms with Gasteiger partial charge in [-0.2, -0.15) is 26.3 Å². The Morgan fingerprint density at radius 1 is 1.08 bits per heavy atom. The van der Waals surface area contributed by atoms with Crippen LogP contribution in [0.5, 0.6) is 0 Å². The van der Waals surface area contributed by atoms with Crippen molar-refractivity contribution in [2.45, 2.75) is 18.6 Å². The van der Waals surface area contributed by atoms with Crippen LogP contribution >= 0.6 is 0 Å². The van der Waals surface area contributed by atoms with Crippen LogP contribution in [0.4, 0.5) is 26.3 Å². The molecule has 1 aliphatic heterocycles. The molecule has 1 rings (SSSR count). The summed E-state index contributed by atoms with van der Waals surface area (Å²) in [6, 6.07) is 0. The van der Waals surface area contributed by atoms with E-state index in [9.17, 15) is 26.3 Å². The predicted molar refractivity (Wildman–Crippen MR) is 26.2 cm³/mol. The summed E-state index contributed by atoms with van der Waals surface area (Å²) in [6.07, 6.45) is -12.9. The molecule has 0 aromatic heterocycles. The van der Waals surface area contributed by atoms with Gasteiger partial charge in [0.05, 0.1) is 0 Å².